The third kappa shape index (κ3) is 4.50. The number of aliphatic carboxylic acids is 1. The maximum atomic E-state index is 12.7. The minimum absolute atomic E-state index is 0.0536. The van der Waals surface area contributed by atoms with Gasteiger partial charge in [-0.3, -0.25) is 0 Å². The quantitative estimate of drug-likeness (QED) is 0.135. The van der Waals surface area contributed by atoms with Gasteiger partial charge in [-0.25, -0.2) is 0 Å². The van der Waals surface area contributed by atoms with Crippen LogP contribution < -0.4 is 9.47 Å². The van der Waals surface area contributed by atoms with Gasteiger partial charge < -0.3 is 0 Å². The molecule has 5 aliphatic rings. The van der Waals surface area contributed by atoms with Crippen molar-refractivity contribution in [2.24, 2.45) is 29.1 Å². The Hall–Kier alpha value is -1.39. The Kier molecular flexibility index (Phi) is 7.26. The van der Waals surface area contributed by atoms with E-state index in [4.69, 9.17) is 17.6 Å². The van der Waals surface area contributed by atoms with Gasteiger partial charge in [0, 0.05) is 0 Å². The van der Waals surface area contributed by atoms with Gasteiger partial charge in [-0.2, -0.15) is 0 Å². The normalized spacial score (nSPS) is 34.5. The first-order valence-electron chi connectivity index (χ1n) is 15.1. The van der Waals surface area contributed by atoms with Crippen LogP contribution in [-0.2, 0) is 24.5 Å². The van der Waals surface area contributed by atoms with Crippen molar-refractivity contribution in [2.45, 2.75) is 111 Å². The molecule has 1 aromatic carbocycles. The van der Waals surface area contributed by atoms with Crippen molar-refractivity contribution in [2.75, 3.05) is 7.11 Å². The number of carbonyl (C=O) groups excluding carboxylic acids is 1. The molecule has 8 heteroatoms. The standard InChI is InChI=1S/C32H45IO7/c1-30(2,3)31(4,37)24-17-22-21-16-20-11-12-23(39-26(36)8-6-7-25(34)35)28-27(20)32(22,29(40-28)33(24)38-5)14-13-19(21)15-18-9-10-18/h11-12,18-19,21-22,24,29,37H,6-10,13-17H2,1-5H3,(H,34,35)/t19?,21-,22?,24+,29+,31-,32?/m0/s1. The molecule has 2 N–H and O–H groups in total. The van der Waals surface area contributed by atoms with Crippen LogP contribution in [0.15, 0.2) is 12.1 Å². The number of ether oxygens (including phenoxy) is 2. The zero-order valence-corrected chi connectivity index (χ0v) is 26.7. The van der Waals surface area contributed by atoms with Crippen molar-refractivity contribution in [3.8, 4) is 11.5 Å². The van der Waals surface area contributed by atoms with Crippen molar-refractivity contribution in [3.63, 3.8) is 0 Å². The summed E-state index contributed by atoms with van der Waals surface area (Å²) < 4.78 is 19.2. The number of hydrogen-bond acceptors (Lipinski definition) is 6. The van der Waals surface area contributed by atoms with Crippen LogP contribution in [-0.4, -0.2) is 42.9 Å². The summed E-state index contributed by atoms with van der Waals surface area (Å²) in [7, 11) is 1.81. The van der Waals surface area contributed by atoms with Gasteiger partial charge in [-0.1, -0.05) is 0 Å². The molecule has 222 valence electrons. The van der Waals surface area contributed by atoms with Crippen LogP contribution in [0.25, 0.3) is 0 Å². The van der Waals surface area contributed by atoms with E-state index in [0.717, 1.165) is 25.2 Å². The van der Waals surface area contributed by atoms with Gasteiger partial charge in [-0.05, 0) is 0 Å². The fourth-order valence-corrected chi connectivity index (χ4v) is 16.0. The topological polar surface area (TPSA) is 102 Å². The Balaban J connectivity index is 1.41. The predicted molar refractivity (Wildman–Crippen MR) is 160 cm³/mol. The molecule has 3 fully saturated rings. The fourth-order valence-electron chi connectivity index (χ4n) is 8.29. The van der Waals surface area contributed by atoms with E-state index >= 15 is 0 Å². The number of hydrogen-bond donors (Lipinski definition) is 2. The third-order valence-corrected chi connectivity index (χ3v) is 17.7. The number of benzene rings is 1. The molecule has 3 aliphatic carbocycles. The molecule has 1 spiro atoms. The molecule has 3 unspecified atom stereocenters. The monoisotopic (exact) mass is 668 g/mol. The van der Waals surface area contributed by atoms with Crippen molar-refractivity contribution in [1.82, 2.24) is 0 Å². The van der Waals surface area contributed by atoms with E-state index < -0.39 is 37.8 Å². The van der Waals surface area contributed by atoms with Crippen LogP contribution >= 0.6 is 20.2 Å². The van der Waals surface area contributed by atoms with Gasteiger partial charge in [0.25, 0.3) is 0 Å². The number of aliphatic hydroxyl groups is 1. The average Bonchev–Trinajstić information content (AvgIpc) is 3.63. The molecule has 6 rings (SSSR count). The average molecular weight is 669 g/mol. The molecule has 0 amide bonds. The summed E-state index contributed by atoms with van der Waals surface area (Å²) in [5, 5.41) is 21.1. The van der Waals surface area contributed by atoms with Gasteiger partial charge in [0.2, 0.25) is 0 Å². The van der Waals surface area contributed by atoms with Crippen LogP contribution in [0.3, 0.4) is 0 Å². The third-order valence-electron chi connectivity index (χ3n) is 11.0. The number of carboxylic acid groups (broad SMARTS) is 1. The molecular formula is C32H45IO7. The minimum atomic E-state index is -2.38. The first-order chi connectivity index (χ1) is 18.9. The molecule has 2 heterocycles. The second-order valence-electron chi connectivity index (χ2n) is 14.1. The number of esters is 1. The van der Waals surface area contributed by atoms with Crippen LogP contribution in [0.4, 0.5) is 0 Å². The summed E-state index contributed by atoms with van der Waals surface area (Å²) >= 11 is -2.38. The van der Waals surface area contributed by atoms with Gasteiger partial charge in [-0.15, -0.1) is 0 Å². The Morgan fingerprint density at radius 2 is 1.90 bits per heavy atom. The molecule has 1 saturated heterocycles. The molecular weight excluding hydrogens is 623 g/mol. The van der Waals surface area contributed by atoms with Gasteiger partial charge >= 0.3 is 246 Å². The molecule has 2 saturated carbocycles. The number of alkyl halides is 2. The molecule has 7 nitrogen and oxygen atoms in total. The molecule has 40 heavy (non-hydrogen) atoms. The van der Waals surface area contributed by atoms with E-state index in [-0.39, 0.29) is 38.1 Å². The summed E-state index contributed by atoms with van der Waals surface area (Å²) in [6.45, 7) is 8.40. The van der Waals surface area contributed by atoms with E-state index in [2.05, 4.69) is 26.8 Å². The van der Waals surface area contributed by atoms with E-state index in [9.17, 15) is 14.7 Å². The second kappa shape index (κ2) is 10.1. The Bertz CT molecular complexity index is 1180. The van der Waals surface area contributed by atoms with Gasteiger partial charge in [0.15, 0.2) is 0 Å². The second-order valence-corrected chi connectivity index (χ2v) is 19.4. The first kappa shape index (κ1) is 28.7. The Labute approximate surface area is 245 Å². The molecule has 0 radical (unpaired) electrons. The fraction of sp³-hybridized carbons (Fsp3) is 0.750. The van der Waals surface area contributed by atoms with E-state index in [1.165, 1.54) is 36.8 Å². The number of halogens is 1. The zero-order chi connectivity index (χ0) is 28.6. The molecule has 2 bridgehead atoms. The van der Waals surface area contributed by atoms with Crippen LogP contribution in [0, 0.1) is 29.1 Å². The molecule has 2 aliphatic heterocycles. The van der Waals surface area contributed by atoms with Gasteiger partial charge in [0.05, 0.1) is 0 Å². The van der Waals surface area contributed by atoms with E-state index in [0.29, 0.717) is 29.3 Å². The summed E-state index contributed by atoms with van der Waals surface area (Å²) in [6, 6.07) is 4.04. The summed E-state index contributed by atoms with van der Waals surface area (Å²) in [5.74, 6) is 2.37. The zero-order valence-electron chi connectivity index (χ0n) is 24.5. The van der Waals surface area contributed by atoms with Crippen LogP contribution in [0.1, 0.15) is 96.6 Å². The summed E-state index contributed by atoms with van der Waals surface area (Å²) in [5.41, 5.74) is 1.23. The SMILES string of the molecule is COI1[C@@H]2Oc3c(OC(=O)CCCC(=O)O)ccc4c3C23CCC(CC2CC2)[C@H](C4)C3C[C@@H]1[C@](C)(O)C(C)(C)C. The van der Waals surface area contributed by atoms with Crippen molar-refractivity contribution < 1.29 is 32.3 Å². The van der Waals surface area contributed by atoms with E-state index in [1.807, 2.05) is 20.1 Å². The van der Waals surface area contributed by atoms with Crippen molar-refractivity contribution in [3.05, 3.63) is 23.3 Å². The number of carboxylic acids is 1. The Morgan fingerprint density at radius 3 is 2.55 bits per heavy atom. The van der Waals surface area contributed by atoms with Crippen LogP contribution in [0.5, 0.6) is 11.5 Å². The first-order valence-corrected chi connectivity index (χ1v) is 18.4. The molecule has 0 aromatic heterocycles. The summed E-state index contributed by atoms with van der Waals surface area (Å²) in [6.07, 6.45) is 8.54. The van der Waals surface area contributed by atoms with E-state index in [1.54, 1.807) is 0 Å². The van der Waals surface area contributed by atoms with Gasteiger partial charge in [0.1, 0.15) is 0 Å². The maximum absolute atomic E-state index is 12.7. The number of rotatable bonds is 9. The predicted octanol–water partition coefficient (Wildman–Crippen LogP) is 6.44. The van der Waals surface area contributed by atoms with Crippen molar-refractivity contribution in [1.29, 1.82) is 0 Å². The number of carbonyl (C=O) groups is 2. The molecule has 7 atom stereocenters. The van der Waals surface area contributed by atoms with Crippen molar-refractivity contribution >= 4 is 32.2 Å². The van der Waals surface area contributed by atoms with Crippen LogP contribution in [0.2, 0.25) is 0 Å². The summed E-state index contributed by atoms with van der Waals surface area (Å²) in [4.78, 5) is 23.6. The molecule has 1 aromatic rings. The Morgan fingerprint density at radius 1 is 1.15 bits per heavy atom.